The topological polar surface area (TPSA) is 6.48 Å². The van der Waals surface area contributed by atoms with Gasteiger partial charge in [0.25, 0.3) is 6.71 Å². The summed E-state index contributed by atoms with van der Waals surface area (Å²) in [6.07, 6.45) is 0. The molecular formula is C50H33BN2S2. The van der Waals surface area contributed by atoms with E-state index >= 15 is 0 Å². The molecule has 0 radical (unpaired) electrons. The summed E-state index contributed by atoms with van der Waals surface area (Å²) >= 11 is 3.92. The van der Waals surface area contributed by atoms with E-state index in [1.54, 1.807) is 0 Å². The van der Waals surface area contributed by atoms with Gasteiger partial charge in [0.2, 0.25) is 0 Å². The SMILES string of the molecule is c1ccc(-c2sc3c(c2-c2ccccc2)N(c2ccccc2)c2cccc4c2B3c2sc(-c3ccccc3)c(-c3ccccc3)c2N4c2ccccc2)cc1. The molecule has 55 heavy (non-hydrogen) atoms. The molecule has 2 nitrogen and oxygen atoms in total. The molecule has 0 saturated heterocycles. The third kappa shape index (κ3) is 5.08. The van der Waals surface area contributed by atoms with E-state index in [1.807, 2.05) is 22.7 Å². The molecule has 0 atom stereocenters. The van der Waals surface area contributed by atoms with Gasteiger partial charge in [-0.1, -0.05) is 164 Å². The molecule has 258 valence electrons. The van der Waals surface area contributed by atoms with Crippen LogP contribution >= 0.6 is 22.7 Å². The summed E-state index contributed by atoms with van der Waals surface area (Å²) in [5.74, 6) is 0. The summed E-state index contributed by atoms with van der Waals surface area (Å²) < 4.78 is 2.74. The molecule has 2 aromatic heterocycles. The van der Waals surface area contributed by atoms with Crippen LogP contribution in [0.2, 0.25) is 0 Å². The summed E-state index contributed by atoms with van der Waals surface area (Å²) in [5.41, 5.74) is 16.1. The highest BCUT2D eigenvalue weighted by Gasteiger charge is 2.48. The van der Waals surface area contributed by atoms with Gasteiger partial charge < -0.3 is 9.80 Å². The normalized spacial score (nSPS) is 12.6. The average Bonchev–Trinajstić information content (AvgIpc) is 3.86. The van der Waals surface area contributed by atoms with Crippen LogP contribution in [0.25, 0.3) is 43.1 Å². The van der Waals surface area contributed by atoms with Crippen molar-refractivity contribution in [3.05, 3.63) is 200 Å². The van der Waals surface area contributed by atoms with E-state index in [2.05, 4.69) is 210 Å². The molecule has 2 aliphatic heterocycles. The third-order valence-electron chi connectivity index (χ3n) is 10.8. The Labute approximate surface area is 329 Å². The lowest BCUT2D eigenvalue weighted by Crippen LogP contribution is -2.59. The van der Waals surface area contributed by atoms with Gasteiger partial charge in [-0.25, -0.2) is 0 Å². The predicted octanol–water partition coefficient (Wildman–Crippen LogP) is 12.6. The summed E-state index contributed by atoms with van der Waals surface area (Å²) in [6, 6.07) is 72.8. The molecule has 0 fully saturated rings. The smallest absolute Gasteiger partial charge is 0.277 e. The Morgan fingerprint density at radius 1 is 0.327 bits per heavy atom. The molecule has 7 aromatic carbocycles. The number of para-hydroxylation sites is 2. The van der Waals surface area contributed by atoms with Crippen molar-refractivity contribution in [2.45, 2.75) is 0 Å². The first kappa shape index (κ1) is 32.1. The van der Waals surface area contributed by atoms with E-state index in [9.17, 15) is 0 Å². The molecule has 4 heterocycles. The molecule has 0 unspecified atom stereocenters. The van der Waals surface area contributed by atoms with E-state index in [0.29, 0.717) is 0 Å². The number of rotatable bonds is 6. The van der Waals surface area contributed by atoms with Crippen LogP contribution in [0.5, 0.6) is 0 Å². The predicted molar refractivity (Wildman–Crippen MR) is 238 cm³/mol. The highest BCUT2D eigenvalue weighted by Crippen LogP contribution is 2.55. The largest absolute Gasteiger partial charge is 0.310 e. The average molecular weight is 737 g/mol. The van der Waals surface area contributed by atoms with Crippen molar-refractivity contribution in [2.75, 3.05) is 9.80 Å². The van der Waals surface area contributed by atoms with Gasteiger partial charge in [0.1, 0.15) is 0 Å². The second-order valence-electron chi connectivity index (χ2n) is 14.0. The fourth-order valence-electron chi connectivity index (χ4n) is 8.59. The van der Waals surface area contributed by atoms with Crippen LogP contribution in [-0.2, 0) is 0 Å². The Hall–Kier alpha value is -6.40. The Kier molecular flexibility index (Phi) is 7.68. The van der Waals surface area contributed by atoms with Crippen molar-refractivity contribution >= 4 is 78.5 Å². The molecule has 0 saturated carbocycles. The van der Waals surface area contributed by atoms with Gasteiger partial charge >= 0.3 is 0 Å². The number of thiophene rings is 2. The van der Waals surface area contributed by atoms with E-state index < -0.39 is 0 Å². The number of anilines is 6. The zero-order valence-electron chi connectivity index (χ0n) is 29.8. The number of fused-ring (bicyclic) bond motifs is 4. The van der Waals surface area contributed by atoms with Gasteiger partial charge in [-0.15, -0.1) is 22.7 Å². The van der Waals surface area contributed by atoms with Crippen molar-refractivity contribution in [1.29, 1.82) is 0 Å². The van der Waals surface area contributed by atoms with Crippen LogP contribution in [0.15, 0.2) is 200 Å². The van der Waals surface area contributed by atoms with E-state index in [-0.39, 0.29) is 6.71 Å². The second-order valence-corrected chi connectivity index (χ2v) is 16.1. The van der Waals surface area contributed by atoms with Gasteiger partial charge in [-0.2, -0.15) is 0 Å². The van der Waals surface area contributed by atoms with Crippen molar-refractivity contribution in [1.82, 2.24) is 0 Å². The van der Waals surface area contributed by atoms with Crippen LogP contribution in [0.3, 0.4) is 0 Å². The second kappa shape index (κ2) is 13.2. The number of hydrogen-bond donors (Lipinski definition) is 0. The first-order valence-corrected chi connectivity index (χ1v) is 20.4. The standard InChI is InChI=1S/C50H33BN2S2/c1-7-20-34(21-8-1)42-45-49(54-47(42)36-24-11-3-12-25-36)51-44-40(52(45)38-28-15-5-16-29-38)32-19-33-41(44)53(39-30-17-6-18-31-39)46-43(35-22-9-2-10-23-35)48(55-50(46)51)37-26-13-4-14-27-37/h1-33H. The van der Waals surface area contributed by atoms with Crippen LogP contribution in [0.1, 0.15) is 0 Å². The Balaban J connectivity index is 1.31. The Bertz CT molecular complexity index is 2610. The summed E-state index contributed by atoms with van der Waals surface area (Å²) in [5, 5.41) is 0. The zero-order chi connectivity index (χ0) is 36.3. The van der Waals surface area contributed by atoms with Crippen LogP contribution in [0, 0.1) is 0 Å². The molecular weight excluding hydrogens is 704 g/mol. The molecule has 2 aliphatic rings. The summed E-state index contributed by atoms with van der Waals surface area (Å²) in [7, 11) is 0. The number of hydrogen-bond acceptors (Lipinski definition) is 4. The van der Waals surface area contributed by atoms with Gasteiger partial charge in [-0.3, -0.25) is 0 Å². The molecule has 11 rings (SSSR count). The first-order valence-electron chi connectivity index (χ1n) is 18.7. The molecule has 9 aromatic rings. The van der Waals surface area contributed by atoms with E-state index in [0.717, 1.165) is 11.4 Å². The quantitative estimate of drug-likeness (QED) is 0.157. The maximum Gasteiger partial charge on any atom is 0.277 e. The highest BCUT2D eigenvalue weighted by atomic mass is 32.1. The minimum absolute atomic E-state index is 0.0194. The van der Waals surface area contributed by atoms with Crippen LogP contribution in [0.4, 0.5) is 34.1 Å². The molecule has 0 spiro atoms. The molecule has 0 aliphatic carbocycles. The molecule has 0 N–H and O–H groups in total. The van der Waals surface area contributed by atoms with Crippen molar-refractivity contribution in [2.24, 2.45) is 0 Å². The van der Waals surface area contributed by atoms with E-state index in [1.165, 1.54) is 80.9 Å². The lowest BCUT2D eigenvalue weighted by Gasteiger charge is -2.42. The maximum absolute atomic E-state index is 2.55. The lowest BCUT2D eigenvalue weighted by molar-refractivity contribution is 1.27. The Morgan fingerprint density at radius 2 is 0.655 bits per heavy atom. The fourth-order valence-corrected chi connectivity index (χ4v) is 11.5. The monoisotopic (exact) mass is 736 g/mol. The maximum atomic E-state index is 2.55. The van der Waals surface area contributed by atoms with Gasteiger partial charge in [-0.05, 0) is 64.1 Å². The third-order valence-corrected chi connectivity index (χ3v) is 13.4. The summed E-state index contributed by atoms with van der Waals surface area (Å²) in [4.78, 5) is 7.69. The minimum Gasteiger partial charge on any atom is -0.310 e. The first-order chi connectivity index (χ1) is 27.3. The van der Waals surface area contributed by atoms with Crippen molar-refractivity contribution in [3.63, 3.8) is 0 Å². The Morgan fingerprint density at radius 3 is 1.02 bits per heavy atom. The van der Waals surface area contributed by atoms with Crippen LogP contribution in [-0.4, -0.2) is 6.71 Å². The van der Waals surface area contributed by atoms with Gasteiger partial charge in [0.15, 0.2) is 0 Å². The molecule has 5 heteroatoms. The fraction of sp³-hybridized carbons (Fsp3) is 0. The van der Waals surface area contributed by atoms with Gasteiger partial charge in [0.05, 0.1) is 11.4 Å². The molecule has 0 bridgehead atoms. The highest BCUT2D eigenvalue weighted by molar-refractivity contribution is 7.39. The van der Waals surface area contributed by atoms with E-state index in [4.69, 9.17) is 0 Å². The van der Waals surface area contributed by atoms with Gasteiger partial charge in [0, 0.05) is 53.2 Å². The number of benzene rings is 7. The van der Waals surface area contributed by atoms with Crippen LogP contribution < -0.4 is 24.8 Å². The molecule has 0 amide bonds. The minimum atomic E-state index is 0.0194. The van der Waals surface area contributed by atoms with Crippen molar-refractivity contribution in [3.8, 4) is 43.1 Å². The zero-order valence-corrected chi connectivity index (χ0v) is 31.5. The van der Waals surface area contributed by atoms with Crippen molar-refractivity contribution < 1.29 is 0 Å². The number of nitrogens with zero attached hydrogens (tertiary/aromatic N) is 2. The summed E-state index contributed by atoms with van der Waals surface area (Å²) in [6.45, 7) is 0.0194. The lowest BCUT2D eigenvalue weighted by atomic mass is 9.39.